The zero-order chi connectivity index (χ0) is 31.7. The number of amides is 1. The molecule has 1 N–H and O–H groups in total. The summed E-state index contributed by atoms with van der Waals surface area (Å²) in [6, 6.07) is 17.3. The molecule has 2 aromatic carbocycles. The van der Waals surface area contributed by atoms with Crippen molar-refractivity contribution in [2.45, 2.75) is 32.2 Å². The summed E-state index contributed by atoms with van der Waals surface area (Å²) in [7, 11) is 3.16. The van der Waals surface area contributed by atoms with Crippen molar-refractivity contribution < 1.29 is 14.3 Å². The summed E-state index contributed by atoms with van der Waals surface area (Å²) >= 11 is 6.40. The van der Waals surface area contributed by atoms with E-state index in [9.17, 15) is 14.4 Å². The number of halogens is 1. The molecule has 3 aromatic heterocycles. The first-order valence-electron chi connectivity index (χ1n) is 14.6. The Hall–Kier alpha value is -5.09. The van der Waals surface area contributed by atoms with E-state index in [1.807, 2.05) is 44.3 Å². The second-order valence-corrected chi connectivity index (χ2v) is 11.6. The van der Waals surface area contributed by atoms with Crippen LogP contribution < -0.4 is 10.9 Å². The largest absolute Gasteiger partial charge is 0.465 e. The highest BCUT2D eigenvalue weighted by molar-refractivity contribution is 6.31. The van der Waals surface area contributed by atoms with E-state index >= 15 is 0 Å². The van der Waals surface area contributed by atoms with E-state index in [0.717, 1.165) is 22.4 Å². The van der Waals surface area contributed by atoms with Crippen LogP contribution in [0.15, 0.2) is 84.2 Å². The van der Waals surface area contributed by atoms with Crippen LogP contribution in [0.5, 0.6) is 0 Å². The van der Waals surface area contributed by atoms with Gasteiger partial charge in [0.2, 0.25) is 5.91 Å². The van der Waals surface area contributed by atoms with E-state index in [1.165, 1.54) is 13.2 Å². The number of benzene rings is 2. The molecule has 0 saturated heterocycles. The summed E-state index contributed by atoms with van der Waals surface area (Å²) in [5, 5.41) is 7.89. The minimum absolute atomic E-state index is 0.0731. The quantitative estimate of drug-likeness (QED) is 0.238. The van der Waals surface area contributed by atoms with Crippen LogP contribution in [0, 0.1) is 5.92 Å². The number of nitrogens with one attached hydrogen (secondary N) is 1. The Balaban J connectivity index is 1.41. The molecule has 2 bridgehead atoms. The van der Waals surface area contributed by atoms with Gasteiger partial charge in [0.15, 0.2) is 0 Å². The molecular weight excluding hydrogens is 592 g/mol. The molecule has 4 heterocycles. The monoisotopic (exact) mass is 622 g/mol. The number of anilines is 1. The number of hydrogen-bond donors (Lipinski definition) is 1. The second kappa shape index (κ2) is 12.5. The smallest absolute Gasteiger partial charge is 0.337 e. The first-order chi connectivity index (χ1) is 21.7. The van der Waals surface area contributed by atoms with Crippen molar-refractivity contribution in [2.24, 2.45) is 13.0 Å². The van der Waals surface area contributed by atoms with Crippen molar-refractivity contribution in [3.63, 3.8) is 0 Å². The Morgan fingerprint density at radius 2 is 1.78 bits per heavy atom. The van der Waals surface area contributed by atoms with Gasteiger partial charge < -0.3 is 10.1 Å². The van der Waals surface area contributed by atoms with E-state index in [2.05, 4.69) is 15.4 Å². The maximum absolute atomic E-state index is 13.8. The van der Waals surface area contributed by atoms with Gasteiger partial charge in [-0.3, -0.25) is 23.8 Å². The van der Waals surface area contributed by atoms with Gasteiger partial charge >= 0.3 is 5.97 Å². The number of ether oxygens (including phenoxy) is 1. The summed E-state index contributed by atoms with van der Waals surface area (Å²) in [6.07, 6.45) is 6.83. The van der Waals surface area contributed by atoms with Gasteiger partial charge in [-0.25, -0.2) is 9.78 Å². The van der Waals surface area contributed by atoms with Gasteiger partial charge in [0.1, 0.15) is 0 Å². The topological polar surface area (TPSA) is 121 Å². The maximum atomic E-state index is 13.8. The normalized spacial score (nSPS) is 16.6. The molecular formula is C34H31ClN6O4. The average molecular weight is 623 g/mol. The van der Waals surface area contributed by atoms with Crippen LogP contribution >= 0.6 is 11.6 Å². The number of rotatable bonds is 4. The van der Waals surface area contributed by atoms with Crippen LogP contribution in [-0.2, 0) is 16.6 Å². The molecule has 1 aliphatic heterocycles. The second-order valence-electron chi connectivity index (χ2n) is 11.1. The van der Waals surface area contributed by atoms with E-state index in [1.54, 1.807) is 52.2 Å². The lowest BCUT2D eigenvalue weighted by Gasteiger charge is -2.22. The number of nitrogens with zero attached hydrogens (tertiary/aromatic N) is 5. The molecule has 1 aliphatic rings. The third-order valence-electron chi connectivity index (χ3n) is 8.20. The molecule has 10 nitrogen and oxygen atoms in total. The lowest BCUT2D eigenvalue weighted by Crippen LogP contribution is -2.27. The lowest BCUT2D eigenvalue weighted by atomic mass is 9.96. The molecule has 0 spiro atoms. The number of fused-ring (bicyclic) bond motifs is 4. The number of aromatic nitrogens is 5. The third-order valence-corrected chi connectivity index (χ3v) is 8.44. The van der Waals surface area contributed by atoms with E-state index < -0.39 is 12.0 Å². The first kappa shape index (κ1) is 30.0. The summed E-state index contributed by atoms with van der Waals surface area (Å²) in [4.78, 5) is 48.1. The number of methoxy groups -OCH3 is 1. The number of carbonyl (C=O) groups excluding carboxylic acids is 2. The summed E-state index contributed by atoms with van der Waals surface area (Å²) < 4.78 is 8.14. The fourth-order valence-corrected chi connectivity index (χ4v) is 5.93. The maximum Gasteiger partial charge on any atom is 0.337 e. The first-order valence-corrected chi connectivity index (χ1v) is 15.0. The van der Waals surface area contributed by atoms with Gasteiger partial charge in [0, 0.05) is 41.4 Å². The van der Waals surface area contributed by atoms with Crippen molar-refractivity contribution in [3.05, 3.63) is 106 Å². The van der Waals surface area contributed by atoms with Gasteiger partial charge in [0.25, 0.3) is 5.56 Å². The third kappa shape index (κ3) is 6.01. The predicted octanol–water partition coefficient (Wildman–Crippen LogP) is 6.16. The van der Waals surface area contributed by atoms with Gasteiger partial charge in [-0.1, -0.05) is 43.1 Å². The average Bonchev–Trinajstić information content (AvgIpc) is 3.41. The van der Waals surface area contributed by atoms with Gasteiger partial charge in [-0.2, -0.15) is 5.10 Å². The SMILES string of the molecule is COC(=O)c1ccc(-c2ccc(Cl)cc2-c2cc(=O)n(C3CCCC(C)C(=O)Nc4cnn(C)c4-c4ccnc3c4)cn2)cc1. The fraction of sp³-hybridized carbons (Fsp3) is 0.235. The summed E-state index contributed by atoms with van der Waals surface area (Å²) in [5.74, 6) is -0.728. The molecule has 45 heavy (non-hydrogen) atoms. The Morgan fingerprint density at radius 3 is 2.53 bits per heavy atom. The van der Waals surface area contributed by atoms with Crippen LogP contribution in [0.4, 0.5) is 5.69 Å². The minimum atomic E-state index is -0.423. The van der Waals surface area contributed by atoms with Crippen molar-refractivity contribution in [1.82, 2.24) is 24.3 Å². The van der Waals surface area contributed by atoms with Gasteiger partial charge in [0.05, 0.1) is 54.0 Å². The highest BCUT2D eigenvalue weighted by Gasteiger charge is 2.24. The van der Waals surface area contributed by atoms with Crippen LogP contribution in [0.2, 0.25) is 5.02 Å². The molecule has 0 radical (unpaired) electrons. The van der Waals surface area contributed by atoms with Crippen molar-refractivity contribution >= 4 is 29.2 Å². The standard InChI is InChI=1S/C34H31ClN6O4/c1-20-5-4-6-30(28-15-23(13-14-36-28)32-29(39-33(20)43)18-38-40(32)2)41-19-37-27(17-31(41)42)26-16-24(35)11-12-25(26)21-7-9-22(10-8-21)34(44)45-3/h7-20,30H,4-6H2,1-3H3,(H,39,43). The molecule has 228 valence electrons. The Bertz CT molecular complexity index is 1970. The summed E-state index contributed by atoms with van der Waals surface area (Å²) in [6.45, 7) is 1.90. The van der Waals surface area contributed by atoms with Crippen molar-refractivity contribution in [2.75, 3.05) is 12.4 Å². The van der Waals surface area contributed by atoms with E-state index in [0.29, 0.717) is 52.5 Å². The van der Waals surface area contributed by atoms with Gasteiger partial charge in [-0.05, 0) is 60.4 Å². The number of esters is 1. The number of carbonyl (C=O) groups is 2. The molecule has 5 aromatic rings. The zero-order valence-electron chi connectivity index (χ0n) is 25.0. The summed E-state index contributed by atoms with van der Waals surface area (Å²) in [5.41, 5.74) is 5.89. The Kier molecular flexibility index (Phi) is 8.32. The van der Waals surface area contributed by atoms with E-state index in [4.69, 9.17) is 21.3 Å². The molecule has 1 amide bonds. The zero-order valence-corrected chi connectivity index (χ0v) is 25.8. The molecule has 2 atom stereocenters. The number of hydrogen-bond acceptors (Lipinski definition) is 7. The number of aryl methyl sites for hydroxylation is 1. The lowest BCUT2D eigenvalue weighted by molar-refractivity contribution is -0.119. The predicted molar refractivity (Wildman–Crippen MR) is 172 cm³/mol. The van der Waals surface area contributed by atoms with Crippen LogP contribution in [0.3, 0.4) is 0 Å². The molecule has 0 fully saturated rings. The van der Waals surface area contributed by atoms with Crippen molar-refractivity contribution in [1.29, 1.82) is 0 Å². The fourth-order valence-electron chi connectivity index (χ4n) is 5.76. The highest BCUT2D eigenvalue weighted by atomic mass is 35.5. The molecule has 0 aliphatic carbocycles. The van der Waals surface area contributed by atoms with Crippen molar-refractivity contribution in [3.8, 4) is 33.6 Å². The number of pyridine rings is 1. The molecule has 6 rings (SSSR count). The Labute approximate surface area is 264 Å². The molecule has 2 unspecified atom stereocenters. The molecule has 11 heteroatoms. The minimum Gasteiger partial charge on any atom is -0.465 e. The van der Waals surface area contributed by atoms with Crippen LogP contribution in [0.1, 0.15) is 48.3 Å². The van der Waals surface area contributed by atoms with Crippen LogP contribution in [-0.4, -0.2) is 43.3 Å². The van der Waals surface area contributed by atoms with E-state index in [-0.39, 0.29) is 17.4 Å². The van der Waals surface area contributed by atoms with Gasteiger partial charge in [-0.15, -0.1) is 0 Å². The van der Waals surface area contributed by atoms with Crippen LogP contribution in [0.25, 0.3) is 33.6 Å². The Morgan fingerprint density at radius 1 is 0.978 bits per heavy atom. The highest BCUT2D eigenvalue weighted by Crippen LogP contribution is 2.35. The molecule has 0 saturated carbocycles.